The van der Waals surface area contributed by atoms with Crippen molar-refractivity contribution in [2.75, 3.05) is 5.32 Å². The minimum atomic E-state index is -0.346. The lowest BCUT2D eigenvalue weighted by molar-refractivity contribution is 0.102. The van der Waals surface area contributed by atoms with Gasteiger partial charge < -0.3 is 9.88 Å². The Morgan fingerprint density at radius 2 is 2.04 bits per heavy atom. The lowest BCUT2D eigenvalue weighted by atomic mass is 9.96. The van der Waals surface area contributed by atoms with Crippen molar-refractivity contribution < 1.29 is 4.79 Å². The summed E-state index contributed by atoms with van der Waals surface area (Å²) >= 11 is 0. The van der Waals surface area contributed by atoms with Crippen LogP contribution in [0, 0.1) is 11.3 Å². The minimum absolute atomic E-state index is 0.249. The van der Waals surface area contributed by atoms with Crippen LogP contribution in [-0.2, 0) is 12.5 Å². The van der Waals surface area contributed by atoms with Gasteiger partial charge in [-0.15, -0.1) is 10.2 Å². The third-order valence-electron chi connectivity index (χ3n) is 4.63. The second kappa shape index (κ2) is 6.08. The highest BCUT2D eigenvalue weighted by atomic mass is 16.1. The van der Waals surface area contributed by atoms with E-state index in [4.69, 9.17) is 0 Å². The first-order valence-corrected chi connectivity index (χ1v) is 8.25. The van der Waals surface area contributed by atoms with E-state index < -0.39 is 0 Å². The predicted octanol–water partition coefficient (Wildman–Crippen LogP) is 2.68. The number of pyridine rings is 1. The zero-order valence-electron chi connectivity index (χ0n) is 14.2. The molecule has 0 aliphatic heterocycles. The third kappa shape index (κ3) is 2.82. The quantitative estimate of drug-likeness (QED) is 0.785. The summed E-state index contributed by atoms with van der Waals surface area (Å²) in [5.41, 5.74) is 1.96. The van der Waals surface area contributed by atoms with Gasteiger partial charge >= 0.3 is 0 Å². The van der Waals surface area contributed by atoms with Gasteiger partial charge in [-0.2, -0.15) is 5.26 Å². The Balaban J connectivity index is 1.52. The second-order valence-electron chi connectivity index (χ2n) is 6.42. The van der Waals surface area contributed by atoms with E-state index in [9.17, 15) is 10.1 Å². The van der Waals surface area contributed by atoms with E-state index in [1.54, 1.807) is 35.3 Å². The fraction of sp³-hybridized carbons (Fsp3) is 0.211. The van der Waals surface area contributed by atoms with E-state index in [0.29, 0.717) is 17.2 Å². The molecular formula is C19H16N6O. The number of nitrogens with zero attached hydrogens (tertiary/aromatic N) is 5. The topological polar surface area (TPSA) is 96.5 Å². The number of rotatable bonds is 4. The normalized spacial score (nSPS) is 14.5. The van der Waals surface area contributed by atoms with Crippen molar-refractivity contribution >= 4 is 11.7 Å². The molecule has 3 aromatic rings. The maximum absolute atomic E-state index is 12.5. The number of aryl methyl sites for hydroxylation is 1. The zero-order chi connectivity index (χ0) is 18.1. The Morgan fingerprint density at radius 1 is 1.27 bits per heavy atom. The van der Waals surface area contributed by atoms with E-state index in [1.165, 1.54) is 0 Å². The van der Waals surface area contributed by atoms with E-state index >= 15 is 0 Å². The van der Waals surface area contributed by atoms with Crippen LogP contribution < -0.4 is 5.32 Å². The largest absolute Gasteiger partial charge is 0.317 e. The maximum Gasteiger partial charge on any atom is 0.256 e. The number of nitriles is 1. The molecule has 2 aromatic heterocycles. The van der Waals surface area contributed by atoms with Crippen molar-refractivity contribution in [3.05, 3.63) is 60.0 Å². The van der Waals surface area contributed by atoms with Gasteiger partial charge in [0, 0.05) is 24.4 Å². The average Bonchev–Trinajstić information content (AvgIpc) is 3.36. The van der Waals surface area contributed by atoms with Crippen LogP contribution in [0.25, 0.3) is 11.4 Å². The van der Waals surface area contributed by atoms with E-state index in [2.05, 4.69) is 26.6 Å². The van der Waals surface area contributed by atoms with Crippen molar-refractivity contribution in [2.24, 2.45) is 7.05 Å². The summed E-state index contributed by atoms with van der Waals surface area (Å²) in [6, 6.07) is 13.1. The van der Waals surface area contributed by atoms with Crippen LogP contribution in [0.3, 0.4) is 0 Å². The molecule has 0 saturated heterocycles. The Labute approximate surface area is 150 Å². The molecule has 1 aliphatic carbocycles. The van der Waals surface area contributed by atoms with Crippen molar-refractivity contribution in [3.8, 4) is 17.5 Å². The van der Waals surface area contributed by atoms with Gasteiger partial charge in [-0.1, -0.05) is 12.1 Å². The molecule has 7 nitrogen and oxygen atoms in total. The molecule has 7 heteroatoms. The standard InChI is InChI=1S/C19H16N6O/c1-25-12-22-24-17(25)14-6-9-21-16(10-14)23-18(26)13-2-4-15(5-3-13)19(11-20)7-8-19/h2-6,9-10,12H,7-8H2,1H3,(H,21,23,26). The first kappa shape index (κ1) is 16.0. The fourth-order valence-corrected chi connectivity index (χ4v) is 2.90. The van der Waals surface area contributed by atoms with Gasteiger partial charge in [0.25, 0.3) is 5.91 Å². The summed E-state index contributed by atoms with van der Waals surface area (Å²) in [5, 5.41) is 20.0. The van der Waals surface area contributed by atoms with Crippen molar-refractivity contribution in [2.45, 2.75) is 18.3 Å². The minimum Gasteiger partial charge on any atom is -0.317 e. The molecule has 2 heterocycles. The first-order chi connectivity index (χ1) is 12.6. The maximum atomic E-state index is 12.5. The lowest BCUT2D eigenvalue weighted by Gasteiger charge is -2.09. The number of aromatic nitrogens is 4. The van der Waals surface area contributed by atoms with Gasteiger partial charge in [0.05, 0.1) is 11.5 Å². The molecule has 4 rings (SSSR count). The van der Waals surface area contributed by atoms with Crippen molar-refractivity contribution in [3.63, 3.8) is 0 Å². The first-order valence-electron chi connectivity index (χ1n) is 8.25. The fourth-order valence-electron chi connectivity index (χ4n) is 2.90. The van der Waals surface area contributed by atoms with E-state index in [0.717, 1.165) is 24.0 Å². The summed E-state index contributed by atoms with van der Waals surface area (Å²) in [4.78, 5) is 16.7. The number of carbonyl (C=O) groups excluding carboxylic acids is 1. The number of amides is 1. The molecule has 1 amide bonds. The summed E-state index contributed by atoms with van der Waals surface area (Å²) < 4.78 is 1.79. The molecule has 128 valence electrons. The van der Waals surface area contributed by atoms with Crippen molar-refractivity contribution in [1.29, 1.82) is 5.26 Å². The molecule has 0 unspecified atom stereocenters. The lowest BCUT2D eigenvalue weighted by Crippen LogP contribution is -2.13. The summed E-state index contributed by atoms with van der Waals surface area (Å²) in [6.07, 6.45) is 5.00. The third-order valence-corrected chi connectivity index (χ3v) is 4.63. The molecule has 26 heavy (non-hydrogen) atoms. The molecule has 0 bridgehead atoms. The van der Waals surface area contributed by atoms with Crippen LogP contribution in [0.4, 0.5) is 5.82 Å². The summed E-state index contributed by atoms with van der Waals surface area (Å²) in [7, 11) is 1.85. The number of carbonyl (C=O) groups is 1. The van der Waals surface area contributed by atoms with Crippen LogP contribution in [0.2, 0.25) is 0 Å². The van der Waals surface area contributed by atoms with Gasteiger partial charge in [-0.05, 0) is 42.7 Å². The molecule has 1 fully saturated rings. The number of nitrogens with one attached hydrogen (secondary N) is 1. The van der Waals surface area contributed by atoms with Gasteiger partial charge in [-0.3, -0.25) is 4.79 Å². The van der Waals surface area contributed by atoms with Crippen LogP contribution in [0.15, 0.2) is 48.9 Å². The van der Waals surface area contributed by atoms with E-state index in [1.807, 2.05) is 25.2 Å². The molecule has 1 saturated carbocycles. The molecule has 0 atom stereocenters. The highest BCUT2D eigenvalue weighted by molar-refractivity contribution is 6.04. The molecular weight excluding hydrogens is 328 g/mol. The Bertz CT molecular complexity index is 1010. The van der Waals surface area contributed by atoms with E-state index in [-0.39, 0.29) is 11.3 Å². The molecule has 1 N–H and O–H groups in total. The van der Waals surface area contributed by atoms with Crippen LogP contribution in [-0.4, -0.2) is 25.7 Å². The number of hydrogen-bond acceptors (Lipinski definition) is 5. The number of benzene rings is 1. The van der Waals surface area contributed by atoms with Crippen LogP contribution in [0.5, 0.6) is 0 Å². The summed E-state index contributed by atoms with van der Waals surface area (Å²) in [6.45, 7) is 0. The monoisotopic (exact) mass is 344 g/mol. The van der Waals surface area contributed by atoms with Crippen molar-refractivity contribution in [1.82, 2.24) is 19.7 Å². The SMILES string of the molecule is Cn1cnnc1-c1ccnc(NC(=O)c2ccc(C3(C#N)CC3)cc2)c1. The average molecular weight is 344 g/mol. The van der Waals surface area contributed by atoms with Gasteiger partial charge in [0.1, 0.15) is 12.1 Å². The highest BCUT2D eigenvalue weighted by Gasteiger charge is 2.44. The van der Waals surface area contributed by atoms with Gasteiger partial charge in [0.15, 0.2) is 5.82 Å². The highest BCUT2D eigenvalue weighted by Crippen LogP contribution is 2.47. The number of hydrogen-bond donors (Lipinski definition) is 1. The number of anilines is 1. The second-order valence-corrected chi connectivity index (χ2v) is 6.42. The molecule has 1 aliphatic rings. The summed E-state index contributed by atoms with van der Waals surface area (Å²) in [5.74, 6) is 0.884. The Hall–Kier alpha value is -3.53. The molecule has 1 aromatic carbocycles. The zero-order valence-corrected chi connectivity index (χ0v) is 14.2. The smallest absolute Gasteiger partial charge is 0.256 e. The van der Waals surface area contributed by atoms with Gasteiger partial charge in [-0.25, -0.2) is 4.98 Å². The van der Waals surface area contributed by atoms with Gasteiger partial charge in [0.2, 0.25) is 0 Å². The van der Waals surface area contributed by atoms with Crippen LogP contribution in [0.1, 0.15) is 28.8 Å². The Morgan fingerprint density at radius 3 is 2.65 bits per heavy atom. The molecule has 0 radical (unpaired) electrons. The Kier molecular flexibility index (Phi) is 3.73. The predicted molar refractivity (Wildman–Crippen MR) is 95.2 cm³/mol. The molecule has 0 spiro atoms. The van der Waals surface area contributed by atoms with Crippen LogP contribution >= 0.6 is 0 Å².